The summed E-state index contributed by atoms with van der Waals surface area (Å²) < 4.78 is 4.98. The number of rotatable bonds is 2. The van der Waals surface area contributed by atoms with Crippen LogP contribution in [0.25, 0.3) is 0 Å². The summed E-state index contributed by atoms with van der Waals surface area (Å²) >= 11 is 5.18. The Hall–Kier alpha value is -0.840. The number of thiocarbonyl (C=S) groups is 1. The van der Waals surface area contributed by atoms with Crippen molar-refractivity contribution in [3.63, 3.8) is 0 Å². The molecule has 1 aliphatic heterocycles. The van der Waals surface area contributed by atoms with Gasteiger partial charge in [0.25, 0.3) is 0 Å². The van der Waals surface area contributed by atoms with Gasteiger partial charge < -0.3 is 15.0 Å². The summed E-state index contributed by atoms with van der Waals surface area (Å²) in [6, 6.07) is 0. The Labute approximate surface area is 83.2 Å². The quantitative estimate of drug-likeness (QED) is 0.677. The van der Waals surface area contributed by atoms with E-state index < -0.39 is 0 Å². The molecule has 13 heavy (non-hydrogen) atoms. The predicted octanol–water partition coefficient (Wildman–Crippen LogP) is 0.968. The number of amides is 1. The minimum absolute atomic E-state index is 0.248. The molecule has 0 aliphatic carbocycles. The van der Waals surface area contributed by atoms with Crippen LogP contribution in [0, 0.1) is 5.92 Å². The normalized spacial score (nSPS) is 21.2. The second kappa shape index (κ2) is 3.91. The van der Waals surface area contributed by atoms with Crippen LogP contribution in [-0.4, -0.2) is 35.8 Å². The summed E-state index contributed by atoms with van der Waals surface area (Å²) in [6.45, 7) is 4.54. The van der Waals surface area contributed by atoms with Crippen LogP contribution in [0.1, 0.15) is 13.8 Å². The molecule has 1 heterocycles. The third-order valence-electron chi connectivity index (χ3n) is 1.94. The van der Waals surface area contributed by atoms with Crippen LogP contribution in [-0.2, 0) is 4.74 Å². The third kappa shape index (κ3) is 2.30. The van der Waals surface area contributed by atoms with E-state index in [0.717, 1.165) is 4.99 Å². The van der Waals surface area contributed by atoms with Crippen LogP contribution in [0.4, 0.5) is 4.79 Å². The number of hydrogen-bond acceptors (Lipinski definition) is 3. The minimum Gasteiger partial charge on any atom is -0.423 e. The fourth-order valence-electron chi connectivity index (χ4n) is 1.14. The molecular formula is C8H14N2O2S. The van der Waals surface area contributed by atoms with E-state index in [0.29, 0.717) is 12.5 Å². The Kier molecular flexibility index (Phi) is 3.08. The maximum absolute atomic E-state index is 10.7. The Morgan fingerprint density at radius 1 is 1.77 bits per heavy atom. The molecule has 0 bridgehead atoms. The molecule has 1 N–H and O–H groups in total. The molecule has 5 heteroatoms. The van der Waals surface area contributed by atoms with Crippen molar-refractivity contribution in [2.75, 3.05) is 13.6 Å². The van der Waals surface area contributed by atoms with Crippen molar-refractivity contribution >= 4 is 23.3 Å². The molecule has 1 fully saturated rings. The number of likely N-dealkylation sites (N-methyl/N-ethyl adjacent to an activating group) is 1. The lowest BCUT2D eigenvalue weighted by atomic mass is 10.2. The molecule has 74 valence electrons. The van der Waals surface area contributed by atoms with Crippen molar-refractivity contribution in [2.24, 2.45) is 5.92 Å². The van der Waals surface area contributed by atoms with Crippen molar-refractivity contribution in [1.29, 1.82) is 0 Å². The summed E-state index contributed by atoms with van der Waals surface area (Å²) in [5, 5.41) is 2.58. The van der Waals surface area contributed by atoms with Gasteiger partial charge in [-0.2, -0.15) is 0 Å². The first-order valence-corrected chi connectivity index (χ1v) is 4.64. The third-order valence-corrected chi connectivity index (χ3v) is 2.70. The van der Waals surface area contributed by atoms with Crippen LogP contribution in [0.5, 0.6) is 0 Å². The topological polar surface area (TPSA) is 41.6 Å². The van der Waals surface area contributed by atoms with Gasteiger partial charge in [0.05, 0.1) is 11.5 Å². The van der Waals surface area contributed by atoms with Gasteiger partial charge in [-0.3, -0.25) is 0 Å². The van der Waals surface area contributed by atoms with Crippen molar-refractivity contribution in [3.05, 3.63) is 0 Å². The van der Waals surface area contributed by atoms with Gasteiger partial charge in [0, 0.05) is 13.0 Å². The lowest BCUT2D eigenvalue weighted by Gasteiger charge is -2.26. The van der Waals surface area contributed by atoms with E-state index in [1.165, 1.54) is 0 Å². The van der Waals surface area contributed by atoms with Crippen LogP contribution >= 0.6 is 12.2 Å². The van der Waals surface area contributed by atoms with Gasteiger partial charge in [-0.15, -0.1) is 0 Å². The smallest absolute Gasteiger partial charge is 0.409 e. The molecule has 0 radical (unpaired) electrons. The molecule has 0 spiro atoms. The Morgan fingerprint density at radius 3 is 2.77 bits per heavy atom. The van der Waals surface area contributed by atoms with E-state index >= 15 is 0 Å². The Bertz CT molecular complexity index is 230. The number of nitrogens with one attached hydrogen (secondary N) is 1. The molecule has 1 aliphatic rings. The molecule has 1 saturated heterocycles. The molecule has 4 nitrogen and oxygen atoms in total. The highest BCUT2D eigenvalue weighted by Gasteiger charge is 2.28. The predicted molar refractivity (Wildman–Crippen MR) is 53.5 cm³/mol. The maximum atomic E-state index is 10.7. The summed E-state index contributed by atoms with van der Waals surface area (Å²) in [5.74, 6) is 0.291. The van der Waals surface area contributed by atoms with E-state index in [2.05, 4.69) is 5.32 Å². The average Bonchev–Trinajstić information content (AvgIpc) is 2.49. The standard InChI is InChI=1S/C8H14N2O2S/c1-5(2)7(13)10(3)6-4-9-8(11)12-6/h5-6H,4H2,1-3H3,(H,9,11). The van der Waals surface area contributed by atoms with E-state index in [9.17, 15) is 4.79 Å². The number of hydrogen-bond donors (Lipinski definition) is 1. The molecule has 1 amide bonds. The van der Waals surface area contributed by atoms with Gasteiger partial charge in [-0.05, 0) is 0 Å². The van der Waals surface area contributed by atoms with Crippen molar-refractivity contribution < 1.29 is 9.53 Å². The van der Waals surface area contributed by atoms with Gasteiger partial charge in [-0.1, -0.05) is 26.1 Å². The number of ether oxygens (including phenoxy) is 1. The summed E-state index contributed by atoms with van der Waals surface area (Å²) in [7, 11) is 1.84. The maximum Gasteiger partial charge on any atom is 0.409 e. The van der Waals surface area contributed by atoms with E-state index in [1.807, 2.05) is 25.8 Å². The van der Waals surface area contributed by atoms with Crippen LogP contribution in [0.15, 0.2) is 0 Å². The molecule has 1 rings (SSSR count). The zero-order valence-corrected chi connectivity index (χ0v) is 8.85. The SMILES string of the molecule is CC(C)C(=S)N(C)C1CNC(=O)O1. The number of nitrogens with zero attached hydrogens (tertiary/aromatic N) is 1. The number of alkyl carbamates (subject to hydrolysis) is 1. The first-order valence-electron chi connectivity index (χ1n) is 4.23. The first kappa shape index (κ1) is 10.2. The highest BCUT2D eigenvalue weighted by atomic mass is 32.1. The Balaban J connectivity index is 2.52. The van der Waals surface area contributed by atoms with Gasteiger partial charge >= 0.3 is 6.09 Å². The highest BCUT2D eigenvalue weighted by molar-refractivity contribution is 7.80. The van der Waals surface area contributed by atoms with E-state index in [1.54, 1.807) is 0 Å². The summed E-state index contributed by atoms with van der Waals surface area (Å²) in [4.78, 5) is 13.4. The van der Waals surface area contributed by atoms with Gasteiger partial charge in [0.1, 0.15) is 0 Å². The zero-order valence-electron chi connectivity index (χ0n) is 8.03. The largest absolute Gasteiger partial charge is 0.423 e. The van der Waals surface area contributed by atoms with Crippen molar-refractivity contribution in [3.8, 4) is 0 Å². The molecule has 0 saturated carbocycles. The van der Waals surface area contributed by atoms with Crippen LogP contribution in [0.3, 0.4) is 0 Å². The molecule has 0 aromatic carbocycles. The van der Waals surface area contributed by atoms with Crippen molar-refractivity contribution in [2.45, 2.75) is 20.1 Å². The summed E-state index contributed by atoms with van der Waals surface area (Å²) in [5.41, 5.74) is 0. The minimum atomic E-state index is -0.372. The van der Waals surface area contributed by atoms with E-state index in [-0.39, 0.29) is 12.3 Å². The first-order chi connectivity index (χ1) is 6.02. The second-order valence-electron chi connectivity index (χ2n) is 3.34. The second-order valence-corrected chi connectivity index (χ2v) is 3.76. The zero-order chi connectivity index (χ0) is 10.0. The fourth-order valence-corrected chi connectivity index (χ4v) is 1.26. The van der Waals surface area contributed by atoms with Gasteiger partial charge in [0.2, 0.25) is 0 Å². The lowest BCUT2D eigenvalue weighted by molar-refractivity contribution is 0.0774. The van der Waals surface area contributed by atoms with Crippen LogP contribution in [0.2, 0.25) is 0 Å². The van der Waals surface area contributed by atoms with Gasteiger partial charge in [0.15, 0.2) is 6.23 Å². The molecule has 1 atom stereocenters. The monoisotopic (exact) mass is 202 g/mol. The number of carbonyl (C=O) groups is 1. The highest BCUT2D eigenvalue weighted by Crippen LogP contribution is 2.10. The molecule has 0 aromatic heterocycles. The lowest BCUT2D eigenvalue weighted by Crippen LogP contribution is -2.40. The number of cyclic esters (lactones) is 1. The molecular weight excluding hydrogens is 188 g/mol. The van der Waals surface area contributed by atoms with Crippen molar-refractivity contribution in [1.82, 2.24) is 10.2 Å². The van der Waals surface area contributed by atoms with E-state index in [4.69, 9.17) is 17.0 Å². The molecule has 1 unspecified atom stereocenters. The number of carbonyl (C=O) groups excluding carboxylic acids is 1. The fraction of sp³-hybridized carbons (Fsp3) is 0.750. The summed E-state index contributed by atoms with van der Waals surface area (Å²) in [6.07, 6.45) is -0.620. The Morgan fingerprint density at radius 2 is 2.38 bits per heavy atom. The average molecular weight is 202 g/mol. The molecule has 0 aromatic rings. The van der Waals surface area contributed by atoms with Gasteiger partial charge in [-0.25, -0.2) is 4.79 Å². The van der Waals surface area contributed by atoms with Crippen LogP contribution < -0.4 is 5.32 Å².